The van der Waals surface area contributed by atoms with Crippen LogP contribution in [0.25, 0.3) is 33.3 Å². The van der Waals surface area contributed by atoms with Gasteiger partial charge in [-0.25, -0.2) is 4.68 Å². The molecule has 5 heterocycles. The number of benzene rings is 1. The van der Waals surface area contributed by atoms with Gasteiger partial charge in [0.15, 0.2) is 6.23 Å². The summed E-state index contributed by atoms with van der Waals surface area (Å²) in [5.41, 5.74) is 4.82. The largest absolute Gasteiger partial charge is 0.433 e. The molecular formula is C31H28F3N5O2. The molecule has 1 atom stereocenters. The summed E-state index contributed by atoms with van der Waals surface area (Å²) in [4.78, 5) is 20.9. The summed E-state index contributed by atoms with van der Waals surface area (Å²) in [6.07, 6.45) is 1.16. The Hall–Kier alpha value is -4.31. The van der Waals surface area contributed by atoms with Gasteiger partial charge in [-0.15, -0.1) is 0 Å². The predicted octanol–water partition coefficient (Wildman–Crippen LogP) is 6.71. The molecule has 1 aromatic carbocycles. The standard InChI is InChI=1S/C31H28F3N5O2/c1-19-13-23(9-11-35-19)30-25-16-22(6-7-26(25)39(37-30)29-5-3-4-12-41-29)24-14-20(2)38(28(40)17-24)18-21-8-10-36-27(15-21)31(32,33)34/h6-11,13-17,29H,3-5,12,18H2,1-2H3. The lowest BCUT2D eigenvalue weighted by atomic mass is 10.0. The van der Waals surface area contributed by atoms with Crippen LogP contribution in [0.1, 0.15) is 48.1 Å². The van der Waals surface area contributed by atoms with Gasteiger partial charge < -0.3 is 9.30 Å². The SMILES string of the molecule is Cc1cc(-c2nn(C3CCCCO3)c3ccc(-c4cc(C)n(Cc5ccnc(C(F)(F)F)c5)c(=O)c4)cc23)ccn1. The van der Waals surface area contributed by atoms with Gasteiger partial charge in [0.1, 0.15) is 11.4 Å². The molecule has 5 aromatic rings. The first-order valence-electron chi connectivity index (χ1n) is 13.5. The van der Waals surface area contributed by atoms with Gasteiger partial charge in [0.25, 0.3) is 5.56 Å². The minimum atomic E-state index is -4.55. The zero-order valence-electron chi connectivity index (χ0n) is 22.7. The summed E-state index contributed by atoms with van der Waals surface area (Å²) in [7, 11) is 0. The maximum Gasteiger partial charge on any atom is 0.433 e. The first-order chi connectivity index (χ1) is 19.7. The maximum absolute atomic E-state index is 13.2. The highest BCUT2D eigenvalue weighted by molar-refractivity contribution is 5.96. The van der Waals surface area contributed by atoms with Crippen molar-refractivity contribution in [3.05, 3.63) is 100.0 Å². The van der Waals surface area contributed by atoms with Crippen molar-refractivity contribution in [1.29, 1.82) is 0 Å². The van der Waals surface area contributed by atoms with Crippen LogP contribution in [-0.4, -0.2) is 30.9 Å². The number of fused-ring (bicyclic) bond motifs is 1. The van der Waals surface area contributed by atoms with E-state index in [0.29, 0.717) is 17.9 Å². The second kappa shape index (κ2) is 10.6. The number of halogens is 3. The van der Waals surface area contributed by atoms with E-state index < -0.39 is 11.9 Å². The lowest BCUT2D eigenvalue weighted by Gasteiger charge is -2.23. The molecule has 210 valence electrons. The van der Waals surface area contributed by atoms with Crippen LogP contribution in [-0.2, 0) is 17.5 Å². The van der Waals surface area contributed by atoms with Crippen LogP contribution in [0.3, 0.4) is 0 Å². The number of hydrogen-bond acceptors (Lipinski definition) is 5. The van der Waals surface area contributed by atoms with Crippen LogP contribution in [0.4, 0.5) is 13.2 Å². The second-order valence-electron chi connectivity index (χ2n) is 10.4. The molecule has 41 heavy (non-hydrogen) atoms. The van der Waals surface area contributed by atoms with Gasteiger partial charge in [-0.05, 0) is 92.3 Å². The first-order valence-corrected chi connectivity index (χ1v) is 13.5. The second-order valence-corrected chi connectivity index (χ2v) is 10.4. The molecule has 10 heteroatoms. The van der Waals surface area contributed by atoms with E-state index >= 15 is 0 Å². The van der Waals surface area contributed by atoms with Crippen LogP contribution >= 0.6 is 0 Å². The Bertz CT molecular complexity index is 1800. The number of nitrogens with zero attached hydrogens (tertiary/aromatic N) is 5. The normalized spacial score (nSPS) is 15.9. The third-order valence-electron chi connectivity index (χ3n) is 7.43. The molecule has 1 aliphatic heterocycles. The van der Waals surface area contributed by atoms with Crippen LogP contribution in [0.2, 0.25) is 0 Å². The van der Waals surface area contributed by atoms with E-state index in [1.807, 2.05) is 48.0 Å². The van der Waals surface area contributed by atoms with Crippen LogP contribution < -0.4 is 5.56 Å². The van der Waals surface area contributed by atoms with Gasteiger partial charge in [-0.3, -0.25) is 14.8 Å². The highest BCUT2D eigenvalue weighted by Gasteiger charge is 2.32. The van der Waals surface area contributed by atoms with E-state index in [9.17, 15) is 18.0 Å². The molecule has 1 fully saturated rings. The summed E-state index contributed by atoms with van der Waals surface area (Å²) in [5, 5.41) is 5.92. The van der Waals surface area contributed by atoms with E-state index in [0.717, 1.165) is 70.5 Å². The Kier molecular flexibility index (Phi) is 6.94. The van der Waals surface area contributed by atoms with Crippen molar-refractivity contribution in [2.75, 3.05) is 6.61 Å². The zero-order valence-corrected chi connectivity index (χ0v) is 22.7. The minimum Gasteiger partial charge on any atom is -0.356 e. The van der Waals surface area contributed by atoms with Crippen molar-refractivity contribution in [2.45, 2.75) is 52.1 Å². The average Bonchev–Trinajstić information content (AvgIpc) is 3.34. The van der Waals surface area contributed by atoms with Crippen molar-refractivity contribution < 1.29 is 17.9 Å². The van der Waals surface area contributed by atoms with Gasteiger partial charge >= 0.3 is 6.18 Å². The quantitative estimate of drug-likeness (QED) is 0.239. The summed E-state index contributed by atoms with van der Waals surface area (Å²) < 4.78 is 48.9. The molecule has 0 N–H and O–H groups in total. The Balaban J connectivity index is 1.41. The Morgan fingerprint density at radius 2 is 1.76 bits per heavy atom. The summed E-state index contributed by atoms with van der Waals surface area (Å²) in [6.45, 7) is 4.42. The zero-order chi connectivity index (χ0) is 28.7. The van der Waals surface area contributed by atoms with Gasteiger partial charge in [0.2, 0.25) is 0 Å². The molecule has 0 spiro atoms. The van der Waals surface area contributed by atoms with E-state index in [2.05, 4.69) is 9.97 Å². The van der Waals surface area contributed by atoms with Crippen LogP contribution in [0, 0.1) is 13.8 Å². The number of ether oxygens (including phenoxy) is 1. The number of aromatic nitrogens is 5. The van der Waals surface area contributed by atoms with Crippen molar-refractivity contribution in [3.63, 3.8) is 0 Å². The van der Waals surface area contributed by atoms with Crippen molar-refractivity contribution in [1.82, 2.24) is 24.3 Å². The fourth-order valence-corrected chi connectivity index (χ4v) is 5.37. The number of alkyl halides is 3. The Labute approximate surface area is 234 Å². The smallest absolute Gasteiger partial charge is 0.356 e. The Morgan fingerprint density at radius 3 is 2.49 bits per heavy atom. The molecule has 0 amide bonds. The number of rotatable bonds is 5. The monoisotopic (exact) mass is 559 g/mol. The minimum absolute atomic E-state index is 0.00921. The first kappa shape index (κ1) is 26.9. The molecule has 1 aliphatic rings. The molecule has 1 saturated heterocycles. The molecule has 0 bridgehead atoms. The molecule has 0 radical (unpaired) electrons. The van der Waals surface area contributed by atoms with Gasteiger partial charge in [0.05, 0.1) is 12.1 Å². The number of hydrogen-bond donors (Lipinski definition) is 0. The lowest BCUT2D eigenvalue weighted by Crippen LogP contribution is -2.22. The third-order valence-corrected chi connectivity index (χ3v) is 7.43. The fraction of sp³-hybridized carbons (Fsp3) is 0.290. The molecule has 1 unspecified atom stereocenters. The topological polar surface area (TPSA) is 74.8 Å². The summed E-state index contributed by atoms with van der Waals surface area (Å²) >= 11 is 0. The number of aryl methyl sites for hydroxylation is 2. The summed E-state index contributed by atoms with van der Waals surface area (Å²) in [6, 6.07) is 15.8. The van der Waals surface area contributed by atoms with E-state index in [4.69, 9.17) is 9.84 Å². The van der Waals surface area contributed by atoms with Crippen molar-refractivity contribution >= 4 is 10.9 Å². The van der Waals surface area contributed by atoms with E-state index in [1.165, 1.54) is 16.7 Å². The highest BCUT2D eigenvalue weighted by Crippen LogP contribution is 2.35. The number of pyridine rings is 3. The van der Waals surface area contributed by atoms with Gasteiger partial charge in [-0.2, -0.15) is 18.3 Å². The Morgan fingerprint density at radius 1 is 0.927 bits per heavy atom. The van der Waals surface area contributed by atoms with Gasteiger partial charge in [-0.1, -0.05) is 6.07 Å². The van der Waals surface area contributed by atoms with Crippen molar-refractivity contribution in [3.8, 4) is 22.4 Å². The third kappa shape index (κ3) is 5.39. The van der Waals surface area contributed by atoms with Crippen LogP contribution in [0.15, 0.2) is 71.8 Å². The lowest BCUT2D eigenvalue weighted by molar-refractivity contribution is -0.141. The summed E-state index contributed by atoms with van der Waals surface area (Å²) in [5.74, 6) is 0. The van der Waals surface area contributed by atoms with Crippen molar-refractivity contribution in [2.24, 2.45) is 0 Å². The maximum atomic E-state index is 13.2. The molecule has 4 aromatic heterocycles. The van der Waals surface area contributed by atoms with E-state index in [1.54, 1.807) is 13.1 Å². The molecule has 0 saturated carbocycles. The fourth-order valence-electron chi connectivity index (χ4n) is 5.37. The highest BCUT2D eigenvalue weighted by atomic mass is 19.4. The van der Waals surface area contributed by atoms with E-state index in [-0.39, 0.29) is 18.3 Å². The molecular weight excluding hydrogens is 531 g/mol. The van der Waals surface area contributed by atoms with Crippen LogP contribution in [0.5, 0.6) is 0 Å². The van der Waals surface area contributed by atoms with Gasteiger partial charge in [0, 0.05) is 47.4 Å². The molecule has 0 aliphatic carbocycles. The molecule has 7 nitrogen and oxygen atoms in total. The molecule has 6 rings (SSSR count). The predicted molar refractivity (Wildman–Crippen MR) is 149 cm³/mol. The average molecular weight is 560 g/mol.